The van der Waals surface area contributed by atoms with Crippen LogP contribution in [0.15, 0.2) is 18.3 Å². The number of anilines is 1. The van der Waals surface area contributed by atoms with Gasteiger partial charge in [0, 0.05) is 0 Å². The Hall–Kier alpha value is -1.66. The SMILES string of the molecule is Nc1nc(-c2ccc(Cl)s2)c2cn[nH]c2n1. The predicted octanol–water partition coefficient (Wildman–Crippen LogP) is 2.32. The van der Waals surface area contributed by atoms with Crippen LogP contribution in [0.3, 0.4) is 0 Å². The summed E-state index contributed by atoms with van der Waals surface area (Å²) >= 11 is 7.34. The molecular weight excluding hydrogens is 246 g/mol. The van der Waals surface area contributed by atoms with E-state index in [2.05, 4.69) is 20.2 Å². The summed E-state index contributed by atoms with van der Waals surface area (Å²) in [5.41, 5.74) is 7.02. The van der Waals surface area contributed by atoms with Crippen molar-refractivity contribution in [2.45, 2.75) is 0 Å². The second kappa shape index (κ2) is 3.43. The van der Waals surface area contributed by atoms with E-state index in [1.165, 1.54) is 11.3 Å². The van der Waals surface area contributed by atoms with E-state index in [1.54, 1.807) is 6.20 Å². The number of hydrogen-bond donors (Lipinski definition) is 2. The molecule has 0 aliphatic carbocycles. The molecule has 0 aliphatic heterocycles. The van der Waals surface area contributed by atoms with Crippen molar-refractivity contribution >= 4 is 39.9 Å². The lowest BCUT2D eigenvalue weighted by Crippen LogP contribution is -1.96. The average Bonchev–Trinajstić information content (AvgIpc) is 2.84. The van der Waals surface area contributed by atoms with Crippen molar-refractivity contribution in [1.82, 2.24) is 20.2 Å². The predicted molar refractivity (Wildman–Crippen MR) is 64.4 cm³/mol. The molecule has 0 amide bonds. The third-order valence-electron chi connectivity index (χ3n) is 2.13. The van der Waals surface area contributed by atoms with Crippen molar-refractivity contribution in [3.8, 4) is 10.6 Å². The van der Waals surface area contributed by atoms with Crippen molar-refractivity contribution in [2.24, 2.45) is 0 Å². The zero-order valence-electron chi connectivity index (χ0n) is 7.94. The van der Waals surface area contributed by atoms with E-state index in [1.807, 2.05) is 12.1 Å². The number of nitrogens with zero attached hydrogens (tertiary/aromatic N) is 3. The summed E-state index contributed by atoms with van der Waals surface area (Å²) in [6, 6.07) is 3.73. The van der Waals surface area contributed by atoms with Crippen molar-refractivity contribution in [3.05, 3.63) is 22.7 Å². The molecule has 0 atom stereocenters. The monoisotopic (exact) mass is 251 g/mol. The van der Waals surface area contributed by atoms with Crippen molar-refractivity contribution in [2.75, 3.05) is 5.73 Å². The molecule has 3 rings (SSSR count). The van der Waals surface area contributed by atoms with Gasteiger partial charge >= 0.3 is 0 Å². The number of nitrogens with two attached hydrogens (primary N) is 1. The summed E-state index contributed by atoms with van der Waals surface area (Å²) in [5.74, 6) is 0.219. The topological polar surface area (TPSA) is 80.5 Å². The van der Waals surface area contributed by atoms with E-state index < -0.39 is 0 Å². The molecule has 0 bridgehead atoms. The second-order valence-corrected chi connectivity index (χ2v) is 4.88. The Kier molecular flexibility index (Phi) is 2.05. The van der Waals surface area contributed by atoms with Gasteiger partial charge in [-0.1, -0.05) is 11.6 Å². The molecular formula is C9H6ClN5S. The average molecular weight is 252 g/mol. The zero-order valence-corrected chi connectivity index (χ0v) is 9.51. The number of hydrogen-bond acceptors (Lipinski definition) is 5. The molecule has 5 nitrogen and oxygen atoms in total. The lowest BCUT2D eigenvalue weighted by molar-refractivity contribution is 1.09. The lowest BCUT2D eigenvalue weighted by atomic mass is 10.2. The number of fused-ring (bicyclic) bond motifs is 1. The Morgan fingerprint density at radius 1 is 1.31 bits per heavy atom. The maximum Gasteiger partial charge on any atom is 0.222 e. The van der Waals surface area contributed by atoms with Crippen molar-refractivity contribution in [3.63, 3.8) is 0 Å². The molecule has 0 saturated carbocycles. The first kappa shape index (κ1) is 9.56. The van der Waals surface area contributed by atoms with Crippen LogP contribution >= 0.6 is 22.9 Å². The van der Waals surface area contributed by atoms with Gasteiger partial charge in [0.15, 0.2) is 5.65 Å². The first-order valence-corrected chi connectivity index (χ1v) is 5.66. The van der Waals surface area contributed by atoms with Gasteiger partial charge in [-0.2, -0.15) is 10.1 Å². The molecule has 0 spiro atoms. The number of thiophene rings is 1. The molecule has 0 aromatic carbocycles. The van der Waals surface area contributed by atoms with E-state index in [0.717, 1.165) is 16.0 Å². The summed E-state index contributed by atoms with van der Waals surface area (Å²) in [7, 11) is 0. The second-order valence-electron chi connectivity index (χ2n) is 3.17. The summed E-state index contributed by atoms with van der Waals surface area (Å²) in [5, 5.41) is 7.53. The van der Waals surface area contributed by atoms with Gasteiger partial charge in [0.25, 0.3) is 0 Å². The number of nitrogen functional groups attached to an aromatic ring is 1. The van der Waals surface area contributed by atoms with Crippen LogP contribution < -0.4 is 5.73 Å². The Bertz CT molecular complexity index is 659. The molecule has 7 heteroatoms. The highest BCUT2D eigenvalue weighted by molar-refractivity contribution is 7.19. The van der Waals surface area contributed by atoms with Gasteiger partial charge in [0.05, 0.1) is 26.5 Å². The van der Waals surface area contributed by atoms with Gasteiger partial charge in [0.2, 0.25) is 5.95 Å². The summed E-state index contributed by atoms with van der Waals surface area (Å²) in [4.78, 5) is 9.21. The van der Waals surface area contributed by atoms with E-state index in [9.17, 15) is 0 Å². The molecule has 3 aromatic rings. The number of halogens is 1. The van der Waals surface area contributed by atoms with Gasteiger partial charge in [-0.05, 0) is 12.1 Å². The molecule has 0 aliphatic rings. The molecule has 16 heavy (non-hydrogen) atoms. The van der Waals surface area contributed by atoms with Crippen LogP contribution in [-0.4, -0.2) is 20.2 Å². The van der Waals surface area contributed by atoms with E-state index >= 15 is 0 Å². The maximum atomic E-state index is 5.90. The molecule has 3 aromatic heterocycles. The number of nitrogens with one attached hydrogen (secondary N) is 1. The van der Waals surface area contributed by atoms with Gasteiger partial charge in [-0.3, -0.25) is 5.10 Å². The molecule has 0 saturated heterocycles. The molecule has 0 unspecified atom stereocenters. The Labute approximate surface area is 99.3 Å². The highest BCUT2D eigenvalue weighted by Crippen LogP contribution is 2.33. The minimum absolute atomic E-state index is 0.219. The number of aromatic amines is 1. The van der Waals surface area contributed by atoms with Crippen molar-refractivity contribution < 1.29 is 0 Å². The largest absolute Gasteiger partial charge is 0.368 e. The van der Waals surface area contributed by atoms with E-state index in [-0.39, 0.29) is 5.95 Å². The van der Waals surface area contributed by atoms with E-state index in [4.69, 9.17) is 17.3 Å². The van der Waals surface area contributed by atoms with Crippen LogP contribution in [0, 0.1) is 0 Å². The third kappa shape index (κ3) is 1.43. The van der Waals surface area contributed by atoms with E-state index in [0.29, 0.717) is 9.98 Å². The van der Waals surface area contributed by atoms with Crippen LogP contribution in [0.2, 0.25) is 4.34 Å². The van der Waals surface area contributed by atoms with Gasteiger partial charge in [0.1, 0.15) is 0 Å². The standard InChI is InChI=1S/C9H6ClN5S/c10-6-2-1-5(16-6)7-4-3-12-15-8(4)14-9(11)13-7/h1-3H,(H3,11,12,13,14,15). The van der Waals surface area contributed by atoms with Crippen LogP contribution in [0.1, 0.15) is 0 Å². The first-order valence-electron chi connectivity index (χ1n) is 4.46. The fraction of sp³-hybridized carbons (Fsp3) is 0. The Morgan fingerprint density at radius 3 is 2.94 bits per heavy atom. The molecule has 80 valence electrons. The summed E-state index contributed by atoms with van der Waals surface area (Å²) in [6.45, 7) is 0. The fourth-order valence-corrected chi connectivity index (χ4v) is 2.53. The summed E-state index contributed by atoms with van der Waals surface area (Å²) in [6.07, 6.45) is 1.68. The summed E-state index contributed by atoms with van der Waals surface area (Å²) < 4.78 is 0.712. The fourth-order valence-electron chi connectivity index (χ4n) is 1.48. The minimum Gasteiger partial charge on any atom is -0.368 e. The molecule has 3 heterocycles. The van der Waals surface area contributed by atoms with Gasteiger partial charge in [-0.15, -0.1) is 11.3 Å². The minimum atomic E-state index is 0.219. The normalized spacial score (nSPS) is 11.1. The van der Waals surface area contributed by atoms with Crippen LogP contribution in [-0.2, 0) is 0 Å². The highest BCUT2D eigenvalue weighted by Gasteiger charge is 2.11. The Balaban J connectivity index is 2.33. The molecule has 3 N–H and O–H groups in total. The van der Waals surface area contributed by atoms with Gasteiger partial charge in [-0.25, -0.2) is 4.98 Å². The van der Waals surface area contributed by atoms with Crippen molar-refractivity contribution in [1.29, 1.82) is 0 Å². The molecule has 0 fully saturated rings. The first-order chi connectivity index (χ1) is 7.74. The zero-order chi connectivity index (χ0) is 11.1. The quantitative estimate of drug-likeness (QED) is 0.696. The lowest BCUT2D eigenvalue weighted by Gasteiger charge is -1.99. The number of H-pyrrole nitrogens is 1. The maximum absolute atomic E-state index is 5.90. The smallest absolute Gasteiger partial charge is 0.222 e. The molecule has 0 radical (unpaired) electrons. The van der Waals surface area contributed by atoms with Crippen LogP contribution in [0.25, 0.3) is 21.6 Å². The van der Waals surface area contributed by atoms with Crippen LogP contribution in [0.4, 0.5) is 5.95 Å². The highest BCUT2D eigenvalue weighted by atomic mass is 35.5. The third-order valence-corrected chi connectivity index (χ3v) is 3.37. The van der Waals surface area contributed by atoms with Crippen LogP contribution in [0.5, 0.6) is 0 Å². The number of aromatic nitrogens is 4. The Morgan fingerprint density at radius 2 is 2.19 bits per heavy atom. The number of rotatable bonds is 1. The van der Waals surface area contributed by atoms with Gasteiger partial charge < -0.3 is 5.73 Å².